The van der Waals surface area contributed by atoms with Gasteiger partial charge in [0.15, 0.2) is 0 Å². The van der Waals surface area contributed by atoms with Gasteiger partial charge in [-0.2, -0.15) is 0 Å². The van der Waals surface area contributed by atoms with E-state index in [9.17, 15) is 5.11 Å². The van der Waals surface area contributed by atoms with Crippen LogP contribution in [0.25, 0.3) is 0 Å². The summed E-state index contributed by atoms with van der Waals surface area (Å²) in [7, 11) is 1.60. The second kappa shape index (κ2) is 3.94. The van der Waals surface area contributed by atoms with Crippen LogP contribution in [0.3, 0.4) is 0 Å². The molecule has 4 nitrogen and oxygen atoms in total. The van der Waals surface area contributed by atoms with E-state index in [2.05, 4.69) is 24.1 Å². The number of hydrogen-bond acceptors (Lipinski definition) is 4. The molecule has 16 heavy (non-hydrogen) atoms. The van der Waals surface area contributed by atoms with E-state index in [0.717, 1.165) is 12.1 Å². The molecule has 1 heterocycles. The lowest BCUT2D eigenvalue weighted by molar-refractivity contribution is -0.0510. The molecule has 1 aliphatic carbocycles. The van der Waals surface area contributed by atoms with Gasteiger partial charge in [0.05, 0.1) is 13.2 Å². The fourth-order valence-electron chi connectivity index (χ4n) is 1.96. The van der Waals surface area contributed by atoms with Gasteiger partial charge in [-0.25, -0.2) is 4.98 Å². The van der Waals surface area contributed by atoms with Gasteiger partial charge >= 0.3 is 0 Å². The molecular weight excluding hydrogens is 204 g/mol. The fraction of sp³-hybridized carbons (Fsp3) is 0.583. The number of aliphatic hydroxyl groups is 1. The molecule has 0 saturated heterocycles. The quantitative estimate of drug-likeness (QED) is 0.816. The Hall–Kier alpha value is -1.29. The summed E-state index contributed by atoms with van der Waals surface area (Å²) in [5.41, 5.74) is 0.910. The van der Waals surface area contributed by atoms with Gasteiger partial charge in [-0.05, 0) is 12.5 Å². The number of rotatable bonds is 3. The molecule has 2 rings (SSSR count). The number of aromatic nitrogens is 1. The van der Waals surface area contributed by atoms with Gasteiger partial charge in [-0.15, -0.1) is 0 Å². The van der Waals surface area contributed by atoms with Crippen molar-refractivity contribution >= 4 is 5.69 Å². The fourth-order valence-corrected chi connectivity index (χ4v) is 1.96. The average Bonchev–Trinajstić information content (AvgIpc) is 2.29. The Kier molecular flexibility index (Phi) is 2.76. The lowest BCUT2D eigenvalue weighted by Gasteiger charge is -2.49. The topological polar surface area (TPSA) is 54.4 Å². The zero-order valence-corrected chi connectivity index (χ0v) is 9.90. The predicted molar refractivity (Wildman–Crippen MR) is 62.6 cm³/mol. The molecule has 0 aliphatic heterocycles. The monoisotopic (exact) mass is 222 g/mol. The molecule has 0 amide bonds. The maximum atomic E-state index is 9.65. The third-order valence-corrected chi connectivity index (χ3v) is 3.50. The molecule has 2 unspecified atom stereocenters. The summed E-state index contributed by atoms with van der Waals surface area (Å²) < 4.78 is 5.06. The van der Waals surface area contributed by atoms with Crippen molar-refractivity contribution in [2.75, 3.05) is 12.4 Å². The van der Waals surface area contributed by atoms with E-state index in [1.54, 1.807) is 13.3 Å². The Morgan fingerprint density at radius 3 is 2.88 bits per heavy atom. The van der Waals surface area contributed by atoms with Crippen molar-refractivity contribution in [3.8, 4) is 5.88 Å². The van der Waals surface area contributed by atoms with Gasteiger partial charge in [-0.1, -0.05) is 13.8 Å². The summed E-state index contributed by atoms with van der Waals surface area (Å²) in [6.07, 6.45) is 2.29. The highest BCUT2D eigenvalue weighted by Crippen LogP contribution is 2.42. The van der Waals surface area contributed by atoms with Gasteiger partial charge in [0.25, 0.3) is 0 Å². The Morgan fingerprint density at radius 1 is 1.56 bits per heavy atom. The smallest absolute Gasteiger partial charge is 0.214 e. The highest BCUT2D eigenvalue weighted by Gasteiger charge is 2.47. The SMILES string of the molecule is COc1cc(NC2CC(O)C2(C)C)ccn1. The van der Waals surface area contributed by atoms with Crippen molar-refractivity contribution in [2.24, 2.45) is 5.41 Å². The average molecular weight is 222 g/mol. The highest BCUT2D eigenvalue weighted by molar-refractivity contribution is 5.47. The first-order chi connectivity index (χ1) is 7.54. The molecule has 0 aromatic carbocycles. The minimum Gasteiger partial charge on any atom is -0.481 e. The molecule has 1 saturated carbocycles. The number of ether oxygens (including phenoxy) is 1. The number of pyridine rings is 1. The molecular formula is C12H18N2O2. The number of nitrogens with one attached hydrogen (secondary N) is 1. The summed E-state index contributed by atoms with van der Waals surface area (Å²) in [4.78, 5) is 4.05. The summed E-state index contributed by atoms with van der Waals surface area (Å²) >= 11 is 0. The van der Waals surface area contributed by atoms with Crippen LogP contribution in [-0.4, -0.2) is 29.3 Å². The van der Waals surface area contributed by atoms with E-state index in [4.69, 9.17) is 4.74 Å². The normalized spacial score (nSPS) is 27.0. The van der Waals surface area contributed by atoms with Crippen LogP contribution in [0.15, 0.2) is 18.3 Å². The third-order valence-electron chi connectivity index (χ3n) is 3.50. The van der Waals surface area contributed by atoms with Crippen molar-refractivity contribution in [1.29, 1.82) is 0 Å². The maximum Gasteiger partial charge on any atom is 0.214 e. The number of aliphatic hydroxyl groups excluding tert-OH is 1. The zero-order chi connectivity index (χ0) is 11.8. The van der Waals surface area contributed by atoms with E-state index in [1.165, 1.54) is 0 Å². The second-order valence-electron chi connectivity index (χ2n) is 4.86. The van der Waals surface area contributed by atoms with Gasteiger partial charge in [0, 0.05) is 29.4 Å². The van der Waals surface area contributed by atoms with E-state index >= 15 is 0 Å². The van der Waals surface area contributed by atoms with Gasteiger partial charge in [-0.3, -0.25) is 0 Å². The summed E-state index contributed by atoms with van der Waals surface area (Å²) in [6.45, 7) is 4.13. The van der Waals surface area contributed by atoms with E-state index < -0.39 is 0 Å². The van der Waals surface area contributed by atoms with Gasteiger partial charge < -0.3 is 15.2 Å². The molecule has 1 fully saturated rings. The van der Waals surface area contributed by atoms with Crippen molar-refractivity contribution in [1.82, 2.24) is 4.98 Å². The Labute approximate surface area is 95.7 Å². The van der Waals surface area contributed by atoms with E-state index in [1.807, 2.05) is 12.1 Å². The molecule has 0 radical (unpaired) electrons. The van der Waals surface area contributed by atoms with Crippen molar-refractivity contribution in [2.45, 2.75) is 32.4 Å². The van der Waals surface area contributed by atoms with Crippen LogP contribution in [0.4, 0.5) is 5.69 Å². The highest BCUT2D eigenvalue weighted by atomic mass is 16.5. The molecule has 1 aromatic heterocycles. The summed E-state index contributed by atoms with van der Waals surface area (Å²) in [5.74, 6) is 0.600. The van der Waals surface area contributed by atoms with Crippen molar-refractivity contribution < 1.29 is 9.84 Å². The zero-order valence-electron chi connectivity index (χ0n) is 9.90. The largest absolute Gasteiger partial charge is 0.481 e. The van der Waals surface area contributed by atoms with Crippen LogP contribution in [-0.2, 0) is 0 Å². The molecule has 1 aromatic rings. The second-order valence-corrected chi connectivity index (χ2v) is 4.86. The van der Waals surface area contributed by atoms with Gasteiger partial charge in [0.2, 0.25) is 5.88 Å². The Balaban J connectivity index is 2.05. The molecule has 88 valence electrons. The molecule has 4 heteroatoms. The predicted octanol–water partition coefficient (Wildman–Crippen LogP) is 1.66. The third kappa shape index (κ3) is 1.85. The number of hydrogen-bond donors (Lipinski definition) is 2. The van der Waals surface area contributed by atoms with Crippen molar-refractivity contribution in [3.05, 3.63) is 18.3 Å². The number of methoxy groups -OCH3 is 1. The van der Waals surface area contributed by atoms with Crippen LogP contribution >= 0.6 is 0 Å². The minimum atomic E-state index is -0.214. The van der Waals surface area contributed by atoms with E-state index in [-0.39, 0.29) is 11.5 Å². The standard InChI is InChI=1S/C12H18N2O2/c1-12(2)9(7-10(12)15)14-8-4-5-13-11(6-8)16-3/h4-6,9-10,15H,7H2,1-3H3,(H,13,14). The number of anilines is 1. The Morgan fingerprint density at radius 2 is 2.31 bits per heavy atom. The lowest BCUT2D eigenvalue weighted by Crippen LogP contribution is -2.56. The molecule has 0 bridgehead atoms. The maximum absolute atomic E-state index is 9.65. The molecule has 1 aliphatic rings. The minimum absolute atomic E-state index is 0.0729. The van der Waals surface area contributed by atoms with E-state index in [0.29, 0.717) is 11.9 Å². The van der Waals surface area contributed by atoms with Crippen molar-refractivity contribution in [3.63, 3.8) is 0 Å². The van der Waals surface area contributed by atoms with Crippen LogP contribution in [0.2, 0.25) is 0 Å². The van der Waals surface area contributed by atoms with Crippen LogP contribution < -0.4 is 10.1 Å². The molecule has 0 spiro atoms. The first kappa shape index (κ1) is 11.2. The Bertz CT molecular complexity index is 379. The lowest BCUT2D eigenvalue weighted by atomic mass is 9.64. The molecule has 2 N–H and O–H groups in total. The summed E-state index contributed by atoms with van der Waals surface area (Å²) in [5, 5.41) is 13.0. The van der Waals surface area contributed by atoms with Crippen LogP contribution in [0.5, 0.6) is 5.88 Å². The van der Waals surface area contributed by atoms with Gasteiger partial charge in [0.1, 0.15) is 0 Å². The first-order valence-electron chi connectivity index (χ1n) is 5.48. The van der Waals surface area contributed by atoms with Crippen LogP contribution in [0, 0.1) is 5.41 Å². The number of nitrogens with zero attached hydrogens (tertiary/aromatic N) is 1. The molecule has 2 atom stereocenters. The first-order valence-corrected chi connectivity index (χ1v) is 5.48. The van der Waals surface area contributed by atoms with Crippen LogP contribution in [0.1, 0.15) is 20.3 Å². The summed E-state index contributed by atoms with van der Waals surface area (Å²) in [6, 6.07) is 4.07.